The fourth-order valence-corrected chi connectivity index (χ4v) is 3.69. The lowest BCUT2D eigenvalue weighted by molar-refractivity contribution is 0.495. The second-order valence-electron chi connectivity index (χ2n) is 10.9. The summed E-state index contributed by atoms with van der Waals surface area (Å²) in [5, 5.41) is 2.88. The first-order valence-corrected chi connectivity index (χ1v) is 9.59. The maximum Gasteiger partial charge on any atom is -0.00520 e. The van der Waals surface area contributed by atoms with E-state index >= 15 is 0 Å². The van der Waals surface area contributed by atoms with Gasteiger partial charge >= 0.3 is 0 Å². The maximum atomic E-state index is 2.46. The zero-order valence-electron chi connectivity index (χ0n) is 17.6. The topological polar surface area (TPSA) is 0 Å². The number of rotatable bonds is 0. The molecule has 0 heterocycles. The van der Waals surface area contributed by atoms with Gasteiger partial charge in [0.25, 0.3) is 0 Å². The molecule has 0 bridgehead atoms. The SMILES string of the molecule is CC(C)(C)C1=Cc2cc(C(C)(C)C)cc3cc(C(C)(C)C)cc(c23)C1. The van der Waals surface area contributed by atoms with Crippen LogP contribution in [-0.4, -0.2) is 0 Å². The highest BCUT2D eigenvalue weighted by molar-refractivity contribution is 5.97. The molecular weight excluding hydrogens is 300 g/mol. The molecule has 0 aromatic heterocycles. The van der Waals surface area contributed by atoms with Gasteiger partial charge in [-0.1, -0.05) is 98.2 Å². The molecule has 0 nitrogen and oxygen atoms in total. The molecule has 0 spiro atoms. The van der Waals surface area contributed by atoms with E-state index in [2.05, 4.69) is 92.7 Å². The quantitative estimate of drug-likeness (QED) is 0.470. The number of benzene rings is 2. The van der Waals surface area contributed by atoms with Gasteiger partial charge in [-0.15, -0.1) is 0 Å². The minimum atomic E-state index is 0.162. The van der Waals surface area contributed by atoms with Gasteiger partial charge in [0.1, 0.15) is 0 Å². The molecule has 0 fully saturated rings. The van der Waals surface area contributed by atoms with Crippen LogP contribution in [0.1, 0.15) is 84.6 Å². The third kappa shape index (κ3) is 3.41. The summed E-state index contributed by atoms with van der Waals surface area (Å²) in [6.45, 7) is 20.9. The Labute approximate surface area is 154 Å². The molecule has 1 aliphatic carbocycles. The Morgan fingerprint density at radius 1 is 0.640 bits per heavy atom. The Morgan fingerprint density at radius 2 is 1.16 bits per heavy atom. The van der Waals surface area contributed by atoms with Crippen molar-refractivity contribution in [1.82, 2.24) is 0 Å². The van der Waals surface area contributed by atoms with Gasteiger partial charge in [-0.05, 0) is 55.7 Å². The fraction of sp³-hybridized carbons (Fsp3) is 0.520. The van der Waals surface area contributed by atoms with E-state index in [0.29, 0.717) is 0 Å². The lowest BCUT2D eigenvalue weighted by Crippen LogP contribution is -2.18. The summed E-state index contributed by atoms with van der Waals surface area (Å²) in [5.74, 6) is 0. The van der Waals surface area contributed by atoms with Gasteiger partial charge in [-0.3, -0.25) is 0 Å². The van der Waals surface area contributed by atoms with Gasteiger partial charge < -0.3 is 0 Å². The van der Waals surface area contributed by atoms with Crippen LogP contribution in [0.25, 0.3) is 16.8 Å². The molecule has 0 saturated heterocycles. The molecule has 2 aromatic rings. The Balaban J connectivity index is 2.37. The van der Waals surface area contributed by atoms with Gasteiger partial charge in [0.05, 0.1) is 0 Å². The Bertz CT molecular complexity index is 851. The molecule has 0 N–H and O–H groups in total. The van der Waals surface area contributed by atoms with Gasteiger partial charge in [-0.25, -0.2) is 0 Å². The Hall–Kier alpha value is -1.56. The molecule has 0 radical (unpaired) electrons. The van der Waals surface area contributed by atoms with Crippen molar-refractivity contribution in [2.75, 3.05) is 0 Å². The first kappa shape index (κ1) is 18.2. The molecule has 0 saturated carbocycles. The monoisotopic (exact) mass is 334 g/mol. The normalized spacial score (nSPS) is 15.5. The van der Waals surface area contributed by atoms with E-state index in [1.807, 2.05) is 0 Å². The van der Waals surface area contributed by atoms with Crippen LogP contribution >= 0.6 is 0 Å². The van der Waals surface area contributed by atoms with Crippen molar-refractivity contribution in [2.24, 2.45) is 5.41 Å². The number of hydrogen-bond acceptors (Lipinski definition) is 0. The molecule has 0 aliphatic heterocycles. The van der Waals surface area contributed by atoms with Crippen molar-refractivity contribution < 1.29 is 0 Å². The zero-order valence-corrected chi connectivity index (χ0v) is 17.6. The molecule has 0 atom stereocenters. The molecule has 0 amide bonds. The molecule has 2 aromatic carbocycles. The average Bonchev–Trinajstić information content (AvgIpc) is 2.43. The van der Waals surface area contributed by atoms with Crippen molar-refractivity contribution in [3.63, 3.8) is 0 Å². The molecule has 0 unspecified atom stereocenters. The minimum absolute atomic E-state index is 0.162. The van der Waals surface area contributed by atoms with E-state index in [1.54, 1.807) is 5.57 Å². The van der Waals surface area contributed by atoms with E-state index in [9.17, 15) is 0 Å². The lowest BCUT2D eigenvalue weighted by atomic mass is 9.74. The van der Waals surface area contributed by atoms with Crippen molar-refractivity contribution in [2.45, 2.75) is 79.6 Å². The van der Waals surface area contributed by atoms with E-state index < -0.39 is 0 Å². The smallest absolute Gasteiger partial charge is 0.00520 e. The van der Waals surface area contributed by atoms with E-state index in [-0.39, 0.29) is 16.2 Å². The molecule has 1 aliphatic rings. The third-order valence-electron chi connectivity index (χ3n) is 5.57. The van der Waals surface area contributed by atoms with Crippen LogP contribution in [0.5, 0.6) is 0 Å². The predicted octanol–water partition coefficient (Wildman–Crippen LogP) is 7.42. The molecule has 3 rings (SSSR count). The van der Waals surface area contributed by atoms with Crippen LogP contribution in [-0.2, 0) is 17.3 Å². The molecule has 25 heavy (non-hydrogen) atoms. The van der Waals surface area contributed by atoms with Crippen LogP contribution in [0.15, 0.2) is 29.8 Å². The van der Waals surface area contributed by atoms with E-state index in [1.165, 1.54) is 33.0 Å². The predicted molar refractivity (Wildman–Crippen MR) is 112 cm³/mol. The van der Waals surface area contributed by atoms with Crippen molar-refractivity contribution in [1.29, 1.82) is 0 Å². The second-order valence-corrected chi connectivity index (χ2v) is 10.9. The summed E-state index contributed by atoms with van der Waals surface area (Å²) in [4.78, 5) is 0. The molecule has 0 heteroatoms. The summed E-state index contributed by atoms with van der Waals surface area (Å²) in [5.41, 5.74) is 7.87. The number of allylic oxidation sites excluding steroid dienone is 1. The van der Waals surface area contributed by atoms with E-state index in [4.69, 9.17) is 0 Å². The zero-order chi connectivity index (χ0) is 18.8. The Kier molecular flexibility index (Phi) is 3.99. The highest BCUT2D eigenvalue weighted by Gasteiger charge is 2.26. The number of hydrogen-bond donors (Lipinski definition) is 0. The standard InChI is InChI=1S/C25H34/c1-23(2,3)19-10-16-12-20(24(4,5)6)14-18-15-21(25(7,8)9)13-17(11-19)22(16)18/h10-14H,15H2,1-9H3. The third-order valence-corrected chi connectivity index (χ3v) is 5.57. The average molecular weight is 335 g/mol. The van der Waals surface area contributed by atoms with Crippen LogP contribution in [0.3, 0.4) is 0 Å². The van der Waals surface area contributed by atoms with Crippen LogP contribution < -0.4 is 0 Å². The van der Waals surface area contributed by atoms with Gasteiger partial charge in [0.15, 0.2) is 0 Å². The van der Waals surface area contributed by atoms with Crippen molar-refractivity contribution in [3.8, 4) is 0 Å². The van der Waals surface area contributed by atoms with E-state index in [0.717, 1.165) is 6.42 Å². The summed E-state index contributed by atoms with van der Waals surface area (Å²) in [6, 6.07) is 9.73. The van der Waals surface area contributed by atoms with Gasteiger partial charge in [0, 0.05) is 0 Å². The maximum absolute atomic E-state index is 2.46. The first-order chi connectivity index (χ1) is 11.3. The minimum Gasteiger partial charge on any atom is -0.0598 e. The Morgan fingerprint density at radius 3 is 1.64 bits per heavy atom. The van der Waals surface area contributed by atoms with Gasteiger partial charge in [0.2, 0.25) is 0 Å². The largest absolute Gasteiger partial charge is 0.0598 e. The van der Waals surface area contributed by atoms with Gasteiger partial charge in [-0.2, -0.15) is 0 Å². The second kappa shape index (κ2) is 5.47. The lowest BCUT2D eigenvalue weighted by Gasteiger charge is -2.31. The van der Waals surface area contributed by atoms with Crippen molar-refractivity contribution >= 4 is 16.8 Å². The van der Waals surface area contributed by atoms with Crippen LogP contribution in [0.2, 0.25) is 0 Å². The molecule has 134 valence electrons. The summed E-state index contributed by atoms with van der Waals surface area (Å²) < 4.78 is 0. The first-order valence-electron chi connectivity index (χ1n) is 9.59. The van der Waals surface area contributed by atoms with Crippen LogP contribution in [0.4, 0.5) is 0 Å². The fourth-order valence-electron chi connectivity index (χ4n) is 3.69. The summed E-state index contributed by atoms with van der Waals surface area (Å²) in [7, 11) is 0. The van der Waals surface area contributed by atoms with Crippen LogP contribution in [0, 0.1) is 5.41 Å². The summed E-state index contributed by atoms with van der Waals surface area (Å²) >= 11 is 0. The highest BCUT2D eigenvalue weighted by atomic mass is 14.3. The molecular formula is C25H34. The van der Waals surface area contributed by atoms with Crippen molar-refractivity contribution in [3.05, 3.63) is 52.1 Å². The highest BCUT2D eigenvalue weighted by Crippen LogP contribution is 2.42. The summed E-state index contributed by atoms with van der Waals surface area (Å²) in [6.07, 6.45) is 3.53.